The minimum atomic E-state index is -0.262. The normalized spacial score (nSPS) is 17.4. The number of methoxy groups -OCH3 is 1. The van der Waals surface area contributed by atoms with Crippen LogP contribution in [-0.2, 0) is 4.74 Å². The second kappa shape index (κ2) is 12.6. The number of halogens is 1. The highest BCUT2D eigenvalue weighted by Gasteiger charge is 2.26. The number of ether oxygens (including phenoxy) is 1. The van der Waals surface area contributed by atoms with Crippen LogP contribution in [0.1, 0.15) is 42.1 Å². The molecule has 40 heavy (non-hydrogen) atoms. The maximum Gasteiger partial charge on any atom is 0.252 e. The molecule has 0 aliphatic carbocycles. The number of carbonyl (C=O) groups is 1. The van der Waals surface area contributed by atoms with Crippen molar-refractivity contribution >= 4 is 23.5 Å². The molecule has 2 aromatic heterocycles. The van der Waals surface area contributed by atoms with E-state index in [9.17, 15) is 9.18 Å². The number of rotatable bonds is 9. The molecule has 0 radical (unpaired) electrons. The summed E-state index contributed by atoms with van der Waals surface area (Å²) in [6.45, 7) is 9.44. The van der Waals surface area contributed by atoms with Crippen molar-refractivity contribution in [3.63, 3.8) is 0 Å². The third-order valence-corrected chi connectivity index (χ3v) is 7.68. The van der Waals surface area contributed by atoms with Gasteiger partial charge in [0, 0.05) is 76.9 Å². The van der Waals surface area contributed by atoms with Crippen molar-refractivity contribution in [3.8, 4) is 11.3 Å². The molecule has 5 rings (SSSR count). The van der Waals surface area contributed by atoms with Crippen LogP contribution in [0, 0.1) is 12.7 Å². The fraction of sp³-hybridized carbons (Fsp3) is 0.467. The Labute approximate surface area is 235 Å². The van der Waals surface area contributed by atoms with Crippen LogP contribution < -0.4 is 20.0 Å². The standard InChI is InChI=1S/C30H38FN7O2/c1-21-18-24(29(39)32-11-5-17-40-3)20-33-28(21)37-15-13-36(14-16-37)27-19-26(23-7-9-25(31)10-8-23)34-30(35-27)38-12-4-6-22(38)2/h7-10,18-20,22H,4-6,11-17H2,1-3H3,(H,32,39). The summed E-state index contributed by atoms with van der Waals surface area (Å²) in [7, 11) is 1.65. The summed E-state index contributed by atoms with van der Waals surface area (Å²) in [6, 6.07) is 10.8. The monoisotopic (exact) mass is 547 g/mol. The summed E-state index contributed by atoms with van der Waals surface area (Å²) in [5, 5.41) is 2.92. The summed E-state index contributed by atoms with van der Waals surface area (Å²) in [5.41, 5.74) is 3.22. The SMILES string of the molecule is COCCCNC(=O)c1cnc(N2CCN(c3cc(-c4ccc(F)cc4)nc(N4CCCC4C)n3)CC2)c(C)c1. The van der Waals surface area contributed by atoms with Crippen LogP contribution in [0.4, 0.5) is 22.0 Å². The molecule has 3 aromatic rings. The van der Waals surface area contributed by atoms with E-state index in [-0.39, 0.29) is 11.7 Å². The van der Waals surface area contributed by atoms with E-state index in [1.807, 2.05) is 19.1 Å². The Morgan fingerprint density at radius 2 is 1.82 bits per heavy atom. The van der Waals surface area contributed by atoms with Crippen LogP contribution in [0.15, 0.2) is 42.6 Å². The van der Waals surface area contributed by atoms with Gasteiger partial charge < -0.3 is 24.8 Å². The fourth-order valence-corrected chi connectivity index (χ4v) is 5.40. The van der Waals surface area contributed by atoms with Gasteiger partial charge in [0.05, 0.1) is 11.3 Å². The van der Waals surface area contributed by atoms with Crippen LogP contribution in [0.2, 0.25) is 0 Å². The lowest BCUT2D eigenvalue weighted by Gasteiger charge is -2.37. The van der Waals surface area contributed by atoms with Gasteiger partial charge in [-0.1, -0.05) is 0 Å². The number of anilines is 3. The van der Waals surface area contributed by atoms with E-state index in [1.165, 1.54) is 12.1 Å². The molecule has 1 atom stereocenters. The summed E-state index contributed by atoms with van der Waals surface area (Å²) in [6.07, 6.45) is 4.68. The molecular weight excluding hydrogens is 509 g/mol. The van der Waals surface area contributed by atoms with Crippen molar-refractivity contribution in [2.75, 3.05) is 67.7 Å². The molecular formula is C30H38FN7O2. The predicted molar refractivity (Wildman–Crippen MR) is 156 cm³/mol. The first-order valence-corrected chi connectivity index (χ1v) is 14.1. The highest BCUT2D eigenvalue weighted by Crippen LogP contribution is 2.30. The lowest BCUT2D eigenvalue weighted by atomic mass is 10.1. The first-order chi connectivity index (χ1) is 19.4. The van der Waals surface area contributed by atoms with Gasteiger partial charge in [0.1, 0.15) is 17.5 Å². The Balaban J connectivity index is 1.30. The first kappa shape index (κ1) is 27.8. The van der Waals surface area contributed by atoms with E-state index in [1.54, 1.807) is 25.4 Å². The summed E-state index contributed by atoms with van der Waals surface area (Å²) < 4.78 is 18.6. The van der Waals surface area contributed by atoms with E-state index in [2.05, 4.69) is 31.9 Å². The Kier molecular flexibility index (Phi) is 8.74. The van der Waals surface area contributed by atoms with E-state index < -0.39 is 0 Å². The Morgan fingerprint density at radius 1 is 1.07 bits per heavy atom. The van der Waals surface area contributed by atoms with Gasteiger partial charge in [0.2, 0.25) is 5.95 Å². The number of nitrogens with one attached hydrogen (secondary N) is 1. The molecule has 2 saturated heterocycles. The minimum Gasteiger partial charge on any atom is -0.385 e. The Hall–Kier alpha value is -3.79. The third kappa shape index (κ3) is 6.33. The van der Waals surface area contributed by atoms with Crippen LogP contribution in [0.25, 0.3) is 11.3 Å². The molecule has 2 aliphatic heterocycles. The number of piperazine rings is 1. The van der Waals surface area contributed by atoms with Gasteiger partial charge in [0.15, 0.2) is 0 Å². The van der Waals surface area contributed by atoms with Gasteiger partial charge in [-0.3, -0.25) is 4.79 Å². The lowest BCUT2D eigenvalue weighted by Crippen LogP contribution is -2.47. The summed E-state index contributed by atoms with van der Waals surface area (Å²) in [4.78, 5) is 33.9. The van der Waals surface area contributed by atoms with Gasteiger partial charge in [-0.25, -0.2) is 14.4 Å². The molecule has 1 amide bonds. The number of carbonyl (C=O) groups excluding carboxylic acids is 1. The van der Waals surface area contributed by atoms with E-state index in [0.717, 1.165) is 86.4 Å². The fourth-order valence-electron chi connectivity index (χ4n) is 5.40. The van der Waals surface area contributed by atoms with Crippen molar-refractivity contribution in [1.29, 1.82) is 0 Å². The number of hydrogen-bond acceptors (Lipinski definition) is 8. The summed E-state index contributed by atoms with van der Waals surface area (Å²) >= 11 is 0. The predicted octanol–water partition coefficient (Wildman–Crippen LogP) is 4.07. The van der Waals surface area contributed by atoms with Crippen molar-refractivity contribution < 1.29 is 13.9 Å². The molecule has 212 valence electrons. The van der Waals surface area contributed by atoms with Crippen LogP contribution in [0.5, 0.6) is 0 Å². The van der Waals surface area contributed by atoms with Crippen molar-refractivity contribution in [1.82, 2.24) is 20.3 Å². The maximum absolute atomic E-state index is 13.6. The number of hydrogen-bond donors (Lipinski definition) is 1. The highest BCUT2D eigenvalue weighted by molar-refractivity contribution is 5.94. The third-order valence-electron chi connectivity index (χ3n) is 7.68. The number of pyridine rings is 1. The van der Waals surface area contributed by atoms with Gasteiger partial charge in [-0.15, -0.1) is 0 Å². The smallest absolute Gasteiger partial charge is 0.252 e. The number of aromatic nitrogens is 3. The largest absolute Gasteiger partial charge is 0.385 e. The first-order valence-electron chi connectivity index (χ1n) is 14.1. The van der Waals surface area contributed by atoms with E-state index in [4.69, 9.17) is 14.7 Å². The topological polar surface area (TPSA) is 86.7 Å². The second-order valence-electron chi connectivity index (χ2n) is 10.5. The van der Waals surface area contributed by atoms with Crippen molar-refractivity contribution in [3.05, 3.63) is 59.5 Å². The Bertz CT molecular complexity index is 1310. The quantitative estimate of drug-likeness (QED) is 0.402. The van der Waals surface area contributed by atoms with Crippen molar-refractivity contribution in [2.24, 2.45) is 0 Å². The zero-order valence-electron chi connectivity index (χ0n) is 23.6. The number of amides is 1. The molecule has 9 nitrogen and oxygen atoms in total. The van der Waals surface area contributed by atoms with Crippen molar-refractivity contribution in [2.45, 2.75) is 39.2 Å². The second-order valence-corrected chi connectivity index (χ2v) is 10.5. The van der Waals surface area contributed by atoms with Gasteiger partial charge in [-0.05, 0) is 69.0 Å². The molecule has 1 unspecified atom stereocenters. The van der Waals surface area contributed by atoms with Gasteiger partial charge in [-0.2, -0.15) is 4.98 Å². The minimum absolute atomic E-state index is 0.119. The number of aryl methyl sites for hydroxylation is 1. The highest BCUT2D eigenvalue weighted by atomic mass is 19.1. The average Bonchev–Trinajstić information content (AvgIpc) is 3.41. The molecule has 2 fully saturated rings. The number of benzene rings is 1. The maximum atomic E-state index is 13.6. The zero-order valence-corrected chi connectivity index (χ0v) is 23.6. The molecule has 1 N–H and O–H groups in total. The molecule has 4 heterocycles. The van der Waals surface area contributed by atoms with Gasteiger partial charge in [0.25, 0.3) is 5.91 Å². The Morgan fingerprint density at radius 3 is 2.50 bits per heavy atom. The zero-order chi connectivity index (χ0) is 28.1. The summed E-state index contributed by atoms with van der Waals surface area (Å²) in [5.74, 6) is 2.14. The lowest BCUT2D eigenvalue weighted by molar-refractivity contribution is 0.0948. The molecule has 10 heteroatoms. The van der Waals surface area contributed by atoms with Crippen LogP contribution in [0.3, 0.4) is 0 Å². The van der Waals surface area contributed by atoms with Crippen LogP contribution in [-0.4, -0.2) is 79.9 Å². The average molecular weight is 548 g/mol. The molecule has 0 spiro atoms. The van der Waals surface area contributed by atoms with E-state index >= 15 is 0 Å². The van der Waals surface area contributed by atoms with E-state index in [0.29, 0.717) is 24.8 Å². The molecule has 1 aromatic carbocycles. The molecule has 2 aliphatic rings. The molecule has 0 saturated carbocycles. The number of nitrogens with zero attached hydrogens (tertiary/aromatic N) is 6. The van der Waals surface area contributed by atoms with Gasteiger partial charge >= 0.3 is 0 Å². The molecule has 0 bridgehead atoms. The van der Waals surface area contributed by atoms with Crippen LogP contribution >= 0.6 is 0 Å².